The van der Waals surface area contributed by atoms with Crippen molar-refractivity contribution in [2.75, 3.05) is 6.54 Å². The van der Waals surface area contributed by atoms with Gasteiger partial charge in [0.25, 0.3) is 5.91 Å². The van der Waals surface area contributed by atoms with E-state index >= 15 is 0 Å². The van der Waals surface area contributed by atoms with Crippen LogP contribution in [-0.2, 0) is 4.79 Å². The summed E-state index contributed by atoms with van der Waals surface area (Å²) in [5.74, 6) is -2.68. The number of Topliss-reactive ketones (excluding diaryl/α,β-unsaturated/α-hetero) is 1. The second kappa shape index (κ2) is 11.1. The third-order valence-corrected chi connectivity index (χ3v) is 7.85. The number of aliphatic hydroxyl groups is 1. The van der Waals surface area contributed by atoms with Crippen LogP contribution in [-0.4, -0.2) is 58.3 Å². The summed E-state index contributed by atoms with van der Waals surface area (Å²) in [7, 11) is 0. The van der Waals surface area contributed by atoms with Gasteiger partial charge in [0.2, 0.25) is 0 Å². The fourth-order valence-electron chi connectivity index (χ4n) is 5.12. The van der Waals surface area contributed by atoms with E-state index in [0.717, 1.165) is 17.0 Å². The summed E-state index contributed by atoms with van der Waals surface area (Å²) in [6.07, 6.45) is -2.40. The molecule has 0 aliphatic heterocycles. The molecule has 0 spiro atoms. The van der Waals surface area contributed by atoms with E-state index in [0.29, 0.717) is 31.9 Å². The number of allylic oxidation sites excluding steroid dienone is 1. The molecule has 1 amide bonds. The maximum atomic E-state index is 14.1. The molecule has 0 aromatic heterocycles. The van der Waals surface area contributed by atoms with E-state index in [1.807, 2.05) is 13.8 Å². The molecule has 210 valence electrons. The van der Waals surface area contributed by atoms with Crippen molar-refractivity contribution in [1.82, 2.24) is 10.2 Å². The van der Waals surface area contributed by atoms with Gasteiger partial charge in [-0.25, -0.2) is 4.39 Å². The Bertz CT molecular complexity index is 1110. The minimum Gasteiger partial charge on any atom is -0.390 e. The molecule has 2 fully saturated rings. The molecule has 1 aromatic carbocycles. The van der Waals surface area contributed by atoms with Gasteiger partial charge in [0, 0.05) is 18.3 Å². The second-order valence-corrected chi connectivity index (χ2v) is 12.0. The number of halogens is 6. The minimum absolute atomic E-state index is 0.0352. The summed E-state index contributed by atoms with van der Waals surface area (Å²) in [4.78, 5) is 28.0. The lowest BCUT2D eigenvalue weighted by atomic mass is 9.75. The maximum Gasteiger partial charge on any atom is 0.431 e. The number of amides is 1. The van der Waals surface area contributed by atoms with Gasteiger partial charge >= 0.3 is 6.18 Å². The van der Waals surface area contributed by atoms with Gasteiger partial charge < -0.3 is 20.7 Å². The smallest absolute Gasteiger partial charge is 0.390 e. The van der Waals surface area contributed by atoms with E-state index in [-0.39, 0.29) is 33.9 Å². The summed E-state index contributed by atoms with van der Waals surface area (Å²) in [6.45, 7) is 4.92. The number of alkyl halides is 3. The Kier molecular flexibility index (Phi) is 8.90. The number of nitrogens with one attached hydrogen (secondary N) is 2. The predicted molar refractivity (Wildman–Crippen MR) is 137 cm³/mol. The molecule has 38 heavy (non-hydrogen) atoms. The number of carbonyl (C=O) groups excluding carboxylic acids is 2. The lowest BCUT2D eigenvalue weighted by Crippen LogP contribution is -2.54. The minimum atomic E-state index is -5.00. The van der Waals surface area contributed by atoms with Gasteiger partial charge in [-0.1, -0.05) is 37.0 Å². The number of ketones is 1. The average molecular weight is 580 g/mol. The van der Waals surface area contributed by atoms with E-state index in [4.69, 9.17) is 28.6 Å². The van der Waals surface area contributed by atoms with E-state index < -0.39 is 59.2 Å². The molecule has 0 bridgehead atoms. The first-order chi connectivity index (χ1) is 17.4. The molecule has 12 heteroatoms. The molecule has 2 aliphatic carbocycles. The number of carbonyl (C=O) groups is 2. The van der Waals surface area contributed by atoms with Crippen LogP contribution in [0.15, 0.2) is 23.4 Å². The van der Waals surface area contributed by atoms with Crippen molar-refractivity contribution >= 4 is 41.1 Å². The van der Waals surface area contributed by atoms with Crippen molar-refractivity contribution in [3.05, 3.63) is 44.8 Å². The third-order valence-electron chi connectivity index (χ3n) is 7.26. The first kappa shape index (κ1) is 30.4. The van der Waals surface area contributed by atoms with Crippen molar-refractivity contribution in [3.63, 3.8) is 0 Å². The Morgan fingerprint density at radius 3 is 2.13 bits per heavy atom. The van der Waals surface area contributed by atoms with E-state index in [1.165, 1.54) is 6.92 Å². The predicted octanol–water partition coefficient (Wildman–Crippen LogP) is 6.08. The highest BCUT2D eigenvalue weighted by Gasteiger charge is 2.46. The molecule has 0 unspecified atom stereocenters. The summed E-state index contributed by atoms with van der Waals surface area (Å²) in [5, 5.41) is 19.4. The van der Waals surface area contributed by atoms with Crippen LogP contribution in [0.5, 0.6) is 0 Å². The molecule has 1 aromatic rings. The Hall–Kier alpha value is -2.17. The van der Waals surface area contributed by atoms with Crippen LogP contribution in [0.25, 0.3) is 0 Å². The quantitative estimate of drug-likeness (QED) is 0.150. The number of rotatable bonds is 8. The second-order valence-electron chi connectivity index (χ2n) is 11.2. The first-order valence-electron chi connectivity index (χ1n) is 12.2. The molecule has 0 radical (unpaired) electrons. The fourth-order valence-corrected chi connectivity index (χ4v) is 5.79. The molecular formula is C26H31Cl2F4N3O3. The van der Waals surface area contributed by atoms with Crippen LogP contribution in [0.4, 0.5) is 17.6 Å². The van der Waals surface area contributed by atoms with Gasteiger partial charge in [0.1, 0.15) is 11.5 Å². The zero-order chi connectivity index (χ0) is 28.6. The Labute approximate surface area is 228 Å². The van der Waals surface area contributed by atoms with Crippen LogP contribution in [0.3, 0.4) is 0 Å². The fraction of sp³-hybridized carbons (Fsp3) is 0.577. The number of benzene rings is 1. The summed E-state index contributed by atoms with van der Waals surface area (Å²) in [6, 6.07) is 0.453. The molecular weight excluding hydrogens is 549 g/mol. The van der Waals surface area contributed by atoms with Gasteiger partial charge in [-0.2, -0.15) is 13.2 Å². The summed E-state index contributed by atoms with van der Waals surface area (Å²) >= 11 is 12.1. The highest BCUT2D eigenvalue weighted by atomic mass is 35.5. The maximum absolute atomic E-state index is 14.1. The highest BCUT2D eigenvalue weighted by Crippen LogP contribution is 2.39. The monoisotopic (exact) mass is 579 g/mol. The SMILES string of the molecule is CC1(C)CCC(N(CC(=O)c2c(Cl)cc(F)cc2Cl)C(=O)/C(C=N)=C(/N[C@H]2C[C@](C)(O)C2)C(F)(F)F)CC1. The van der Waals surface area contributed by atoms with Gasteiger partial charge in [0.15, 0.2) is 5.78 Å². The lowest BCUT2D eigenvalue weighted by Gasteiger charge is -2.43. The van der Waals surface area contributed by atoms with Crippen LogP contribution in [0, 0.1) is 16.6 Å². The van der Waals surface area contributed by atoms with Gasteiger partial charge in [-0.05, 0) is 63.0 Å². The van der Waals surface area contributed by atoms with E-state index in [1.54, 1.807) is 0 Å². The van der Waals surface area contributed by atoms with Gasteiger partial charge in [-0.15, -0.1) is 0 Å². The van der Waals surface area contributed by atoms with E-state index in [2.05, 4.69) is 5.32 Å². The Morgan fingerprint density at radius 2 is 1.68 bits per heavy atom. The van der Waals surface area contributed by atoms with Crippen molar-refractivity contribution < 1.29 is 32.3 Å². The summed E-state index contributed by atoms with van der Waals surface area (Å²) < 4.78 is 56.0. The largest absolute Gasteiger partial charge is 0.431 e. The third kappa shape index (κ3) is 7.07. The molecule has 3 N–H and O–H groups in total. The first-order valence-corrected chi connectivity index (χ1v) is 13.0. The highest BCUT2D eigenvalue weighted by molar-refractivity contribution is 6.40. The molecule has 2 saturated carbocycles. The molecule has 0 heterocycles. The van der Waals surface area contributed by atoms with Crippen molar-refractivity contribution in [2.24, 2.45) is 5.41 Å². The van der Waals surface area contributed by atoms with E-state index in [9.17, 15) is 32.3 Å². The number of nitrogens with zero attached hydrogens (tertiary/aromatic N) is 1. The molecule has 0 saturated heterocycles. The molecule has 6 nitrogen and oxygen atoms in total. The zero-order valence-electron chi connectivity index (χ0n) is 21.3. The standard InChI is InChI=1S/C26H31Cl2F4N3O3/c1-24(2)6-4-16(5-7-24)35(13-20(36)21-18(27)8-14(29)9-19(21)28)23(37)17(12-33)22(26(30,31)32)34-15-10-25(3,38)11-15/h8-9,12,15-16,33-34,38H,4-7,10-11,13H2,1-3H3/b22-17+,33-12?/t15-,25-. The number of hydrogen-bond donors (Lipinski definition) is 3. The van der Waals surface area contributed by atoms with Crippen LogP contribution in [0.1, 0.15) is 69.7 Å². The van der Waals surface area contributed by atoms with Crippen molar-refractivity contribution in [1.29, 1.82) is 5.41 Å². The van der Waals surface area contributed by atoms with Gasteiger partial charge in [0.05, 0.1) is 33.3 Å². The molecule has 3 rings (SSSR count). The van der Waals surface area contributed by atoms with Crippen LogP contribution >= 0.6 is 23.2 Å². The Morgan fingerprint density at radius 1 is 1.16 bits per heavy atom. The van der Waals surface area contributed by atoms with Crippen molar-refractivity contribution in [2.45, 2.75) is 83.2 Å². The average Bonchev–Trinajstić information content (AvgIpc) is 2.74. The lowest BCUT2D eigenvalue weighted by molar-refractivity contribution is -0.131. The topological polar surface area (TPSA) is 93.5 Å². The summed E-state index contributed by atoms with van der Waals surface area (Å²) in [5.41, 5.74) is -3.75. The van der Waals surface area contributed by atoms with Gasteiger partial charge in [-0.3, -0.25) is 9.59 Å². The number of hydrogen-bond acceptors (Lipinski definition) is 5. The van der Waals surface area contributed by atoms with Crippen LogP contribution in [0.2, 0.25) is 10.0 Å². The van der Waals surface area contributed by atoms with Crippen LogP contribution < -0.4 is 5.32 Å². The normalized spacial score (nSPS) is 24.2. The zero-order valence-corrected chi connectivity index (χ0v) is 22.8. The van der Waals surface area contributed by atoms with Crippen molar-refractivity contribution in [3.8, 4) is 0 Å². The molecule has 2 aliphatic rings. The Balaban J connectivity index is 2.01. The molecule has 0 atom stereocenters.